The number of fused-ring (bicyclic) bond motifs is 1. The van der Waals surface area contributed by atoms with Crippen molar-refractivity contribution in [2.45, 2.75) is 40.2 Å². The zero-order valence-electron chi connectivity index (χ0n) is 11.4. The van der Waals surface area contributed by atoms with Crippen molar-refractivity contribution in [2.24, 2.45) is 0 Å². The first-order chi connectivity index (χ1) is 8.35. The Kier molecular flexibility index (Phi) is 5.61. The molecule has 0 fully saturated rings. The molecule has 1 aromatic heterocycles. The van der Waals surface area contributed by atoms with Crippen LogP contribution in [0, 0.1) is 0 Å². The van der Waals surface area contributed by atoms with Gasteiger partial charge in [0.15, 0.2) is 0 Å². The van der Waals surface area contributed by atoms with E-state index in [4.69, 9.17) is 4.74 Å². The van der Waals surface area contributed by atoms with Gasteiger partial charge in [-0.05, 0) is 30.7 Å². The third kappa shape index (κ3) is 3.26. The van der Waals surface area contributed by atoms with Gasteiger partial charge in [-0.15, -0.1) is 0 Å². The Morgan fingerprint density at radius 1 is 1.18 bits per heavy atom. The molecule has 2 heteroatoms. The monoisotopic (exact) mass is 233 g/mol. The quantitative estimate of drug-likeness (QED) is 0.759. The molecule has 0 bridgehead atoms. The van der Waals surface area contributed by atoms with Crippen LogP contribution in [0.5, 0.6) is 5.75 Å². The Bertz CT molecular complexity index is 445. The molecule has 0 unspecified atom stereocenters. The Labute approximate surface area is 104 Å². The van der Waals surface area contributed by atoms with Gasteiger partial charge in [-0.1, -0.05) is 27.2 Å². The fraction of sp³-hybridized carbons (Fsp3) is 0.467. The second-order valence-corrected chi connectivity index (χ2v) is 3.79. The molecule has 0 aliphatic carbocycles. The van der Waals surface area contributed by atoms with Gasteiger partial charge in [0.1, 0.15) is 5.75 Å². The van der Waals surface area contributed by atoms with Crippen molar-refractivity contribution < 1.29 is 4.74 Å². The molecule has 0 N–H and O–H groups in total. The van der Waals surface area contributed by atoms with Crippen molar-refractivity contribution >= 4 is 10.9 Å². The lowest BCUT2D eigenvalue weighted by Gasteiger charge is -2.04. The molecule has 0 amide bonds. The Balaban J connectivity index is 0.000000686. The van der Waals surface area contributed by atoms with Gasteiger partial charge in [0, 0.05) is 23.6 Å². The molecular formula is C15H23NO. The maximum atomic E-state index is 5.20. The van der Waals surface area contributed by atoms with Crippen LogP contribution in [-0.2, 0) is 6.54 Å². The fourth-order valence-corrected chi connectivity index (χ4v) is 1.83. The van der Waals surface area contributed by atoms with Gasteiger partial charge < -0.3 is 9.30 Å². The first-order valence-electron chi connectivity index (χ1n) is 6.48. The SMILES string of the molecule is CC.CCCCn1ccc2cc(OC)ccc21. The number of hydrogen-bond acceptors (Lipinski definition) is 1. The summed E-state index contributed by atoms with van der Waals surface area (Å²) >= 11 is 0. The molecule has 0 aliphatic heterocycles. The van der Waals surface area contributed by atoms with Crippen LogP contribution in [0.15, 0.2) is 30.5 Å². The highest BCUT2D eigenvalue weighted by molar-refractivity contribution is 5.81. The molecule has 2 rings (SSSR count). The third-order valence-corrected chi connectivity index (χ3v) is 2.73. The first kappa shape index (κ1) is 13.6. The van der Waals surface area contributed by atoms with Crippen molar-refractivity contribution in [3.63, 3.8) is 0 Å². The van der Waals surface area contributed by atoms with Crippen LogP contribution in [-0.4, -0.2) is 11.7 Å². The van der Waals surface area contributed by atoms with Gasteiger partial charge in [-0.25, -0.2) is 0 Å². The largest absolute Gasteiger partial charge is 0.497 e. The van der Waals surface area contributed by atoms with E-state index in [0.29, 0.717) is 0 Å². The van der Waals surface area contributed by atoms with Crippen LogP contribution in [0.3, 0.4) is 0 Å². The summed E-state index contributed by atoms with van der Waals surface area (Å²) in [5.74, 6) is 0.927. The van der Waals surface area contributed by atoms with E-state index in [1.165, 1.54) is 23.7 Å². The summed E-state index contributed by atoms with van der Waals surface area (Å²) in [6, 6.07) is 8.37. The maximum absolute atomic E-state index is 5.20. The lowest BCUT2D eigenvalue weighted by atomic mass is 10.2. The average Bonchev–Trinajstić information content (AvgIpc) is 2.80. The van der Waals surface area contributed by atoms with Crippen LogP contribution in [0.25, 0.3) is 10.9 Å². The molecule has 0 saturated carbocycles. The predicted octanol–water partition coefficient (Wildman–Crippen LogP) is 4.48. The second-order valence-electron chi connectivity index (χ2n) is 3.79. The van der Waals surface area contributed by atoms with E-state index in [1.54, 1.807) is 7.11 Å². The summed E-state index contributed by atoms with van der Waals surface area (Å²) in [6.07, 6.45) is 4.62. The third-order valence-electron chi connectivity index (χ3n) is 2.73. The number of rotatable bonds is 4. The van der Waals surface area contributed by atoms with E-state index in [9.17, 15) is 0 Å². The lowest BCUT2D eigenvalue weighted by molar-refractivity contribution is 0.415. The van der Waals surface area contributed by atoms with E-state index in [1.807, 2.05) is 19.9 Å². The molecule has 94 valence electrons. The highest BCUT2D eigenvalue weighted by Crippen LogP contribution is 2.22. The van der Waals surface area contributed by atoms with Gasteiger partial charge in [0.25, 0.3) is 0 Å². The number of nitrogens with zero attached hydrogens (tertiary/aromatic N) is 1. The number of aryl methyl sites for hydroxylation is 1. The Hall–Kier alpha value is -1.44. The van der Waals surface area contributed by atoms with Crippen molar-refractivity contribution in [3.8, 4) is 5.75 Å². The highest BCUT2D eigenvalue weighted by Gasteiger charge is 2.01. The lowest BCUT2D eigenvalue weighted by Crippen LogP contribution is -1.94. The normalized spacial score (nSPS) is 9.88. The number of aromatic nitrogens is 1. The number of hydrogen-bond donors (Lipinski definition) is 0. The van der Waals surface area contributed by atoms with Crippen LogP contribution in [0.1, 0.15) is 33.6 Å². The molecule has 1 aromatic carbocycles. The van der Waals surface area contributed by atoms with Crippen LogP contribution >= 0.6 is 0 Å². The zero-order valence-corrected chi connectivity index (χ0v) is 11.4. The molecule has 1 heterocycles. The van der Waals surface area contributed by atoms with Crippen LogP contribution < -0.4 is 4.74 Å². The fourth-order valence-electron chi connectivity index (χ4n) is 1.83. The van der Waals surface area contributed by atoms with Gasteiger partial charge >= 0.3 is 0 Å². The van der Waals surface area contributed by atoms with E-state index < -0.39 is 0 Å². The predicted molar refractivity (Wildman–Crippen MR) is 74.7 cm³/mol. The summed E-state index contributed by atoms with van der Waals surface area (Å²) in [6.45, 7) is 7.32. The van der Waals surface area contributed by atoms with Gasteiger partial charge in [-0.2, -0.15) is 0 Å². The second kappa shape index (κ2) is 7.00. The molecule has 17 heavy (non-hydrogen) atoms. The number of unbranched alkanes of at least 4 members (excludes halogenated alkanes) is 1. The van der Waals surface area contributed by atoms with Crippen molar-refractivity contribution in [3.05, 3.63) is 30.5 Å². The Morgan fingerprint density at radius 2 is 1.94 bits per heavy atom. The van der Waals surface area contributed by atoms with Gasteiger partial charge in [-0.3, -0.25) is 0 Å². The first-order valence-corrected chi connectivity index (χ1v) is 6.48. The molecule has 0 radical (unpaired) electrons. The summed E-state index contributed by atoms with van der Waals surface area (Å²) in [5, 5.41) is 1.26. The van der Waals surface area contributed by atoms with Gasteiger partial charge in [0.2, 0.25) is 0 Å². The van der Waals surface area contributed by atoms with E-state index in [2.05, 4.69) is 35.9 Å². The maximum Gasteiger partial charge on any atom is 0.119 e. The van der Waals surface area contributed by atoms with Crippen molar-refractivity contribution in [2.75, 3.05) is 7.11 Å². The minimum atomic E-state index is 0.927. The molecule has 2 nitrogen and oxygen atoms in total. The number of methoxy groups -OCH3 is 1. The topological polar surface area (TPSA) is 14.2 Å². The molecule has 0 saturated heterocycles. The van der Waals surface area contributed by atoms with E-state index >= 15 is 0 Å². The summed E-state index contributed by atoms with van der Waals surface area (Å²) in [4.78, 5) is 0. The average molecular weight is 233 g/mol. The smallest absolute Gasteiger partial charge is 0.119 e. The molecule has 0 atom stereocenters. The van der Waals surface area contributed by atoms with E-state index in [0.717, 1.165) is 12.3 Å². The molecular weight excluding hydrogens is 210 g/mol. The highest BCUT2D eigenvalue weighted by atomic mass is 16.5. The standard InChI is InChI=1S/C13H17NO.C2H6/c1-3-4-8-14-9-7-11-10-12(15-2)5-6-13(11)14;1-2/h5-7,9-10H,3-4,8H2,1-2H3;1-2H3. The summed E-state index contributed by atoms with van der Waals surface area (Å²) < 4.78 is 7.51. The van der Waals surface area contributed by atoms with E-state index in [-0.39, 0.29) is 0 Å². The summed E-state index contributed by atoms with van der Waals surface area (Å²) in [7, 11) is 1.70. The number of ether oxygens (including phenoxy) is 1. The van der Waals surface area contributed by atoms with Gasteiger partial charge in [0.05, 0.1) is 7.11 Å². The zero-order chi connectivity index (χ0) is 12.7. The summed E-state index contributed by atoms with van der Waals surface area (Å²) in [5.41, 5.74) is 1.30. The van der Waals surface area contributed by atoms with Crippen molar-refractivity contribution in [1.82, 2.24) is 4.57 Å². The molecule has 0 aliphatic rings. The van der Waals surface area contributed by atoms with Crippen molar-refractivity contribution in [1.29, 1.82) is 0 Å². The van der Waals surface area contributed by atoms with Crippen LogP contribution in [0.2, 0.25) is 0 Å². The molecule has 0 spiro atoms. The van der Waals surface area contributed by atoms with Crippen LogP contribution in [0.4, 0.5) is 0 Å². The minimum absolute atomic E-state index is 0.927. The number of benzene rings is 1. The molecule has 2 aromatic rings. The Morgan fingerprint density at radius 3 is 2.59 bits per heavy atom. The minimum Gasteiger partial charge on any atom is -0.497 e.